The van der Waals surface area contributed by atoms with Gasteiger partial charge in [-0.25, -0.2) is 9.97 Å². The van der Waals surface area contributed by atoms with Gasteiger partial charge in [0.1, 0.15) is 17.6 Å². The standard InChI is InChI=1S/C31H34N6O2/c1-35(2)31(39)26(19-21-9-11-23(12-10-21)22-7-5-4-6-8-22)29-33-27-20-24(28(32)38)13-14-25(27)30(34-29)37-17-15-36(3)16-18-37/h4-14,20,26H,15-19H2,1-3H3,(H2,32,38)/t26-/m0/s1. The lowest BCUT2D eigenvalue weighted by atomic mass is 9.95. The van der Waals surface area contributed by atoms with Gasteiger partial charge in [0.05, 0.1) is 5.52 Å². The van der Waals surface area contributed by atoms with Gasteiger partial charge in [-0.3, -0.25) is 9.59 Å². The Bertz CT molecular complexity index is 1480. The number of rotatable bonds is 7. The largest absolute Gasteiger partial charge is 0.366 e. The Kier molecular flexibility index (Phi) is 7.56. The number of primary amides is 1. The molecule has 1 saturated heterocycles. The molecule has 2 N–H and O–H groups in total. The number of nitrogens with zero attached hydrogens (tertiary/aromatic N) is 5. The van der Waals surface area contributed by atoms with Crippen LogP contribution in [0.15, 0.2) is 72.8 Å². The minimum absolute atomic E-state index is 0.0723. The Morgan fingerprint density at radius 1 is 0.897 bits per heavy atom. The van der Waals surface area contributed by atoms with Gasteiger partial charge in [0.2, 0.25) is 11.8 Å². The van der Waals surface area contributed by atoms with Gasteiger partial charge in [-0.1, -0.05) is 54.6 Å². The van der Waals surface area contributed by atoms with Crippen LogP contribution in [0.4, 0.5) is 5.82 Å². The molecule has 4 aromatic rings. The van der Waals surface area contributed by atoms with E-state index in [4.69, 9.17) is 15.7 Å². The molecule has 3 aromatic carbocycles. The van der Waals surface area contributed by atoms with Crippen molar-refractivity contribution in [1.29, 1.82) is 0 Å². The summed E-state index contributed by atoms with van der Waals surface area (Å²) in [6, 6.07) is 23.8. The molecule has 5 rings (SSSR count). The predicted octanol–water partition coefficient (Wildman–Crippen LogP) is 3.56. The highest BCUT2D eigenvalue weighted by atomic mass is 16.2. The topological polar surface area (TPSA) is 95.7 Å². The molecule has 1 atom stereocenters. The summed E-state index contributed by atoms with van der Waals surface area (Å²) in [5.74, 6) is 0.0592. The first-order valence-corrected chi connectivity index (χ1v) is 13.2. The number of anilines is 1. The molecule has 200 valence electrons. The Morgan fingerprint density at radius 3 is 2.21 bits per heavy atom. The number of piperazine rings is 1. The second-order valence-corrected chi connectivity index (χ2v) is 10.3. The molecule has 1 aliphatic heterocycles. The van der Waals surface area contributed by atoms with Crippen LogP contribution in [0.25, 0.3) is 22.0 Å². The second kappa shape index (κ2) is 11.2. The molecule has 0 spiro atoms. The van der Waals surface area contributed by atoms with E-state index in [9.17, 15) is 9.59 Å². The van der Waals surface area contributed by atoms with Crippen molar-refractivity contribution < 1.29 is 9.59 Å². The zero-order valence-corrected chi connectivity index (χ0v) is 22.7. The summed E-state index contributed by atoms with van der Waals surface area (Å²) < 4.78 is 0. The summed E-state index contributed by atoms with van der Waals surface area (Å²) in [5.41, 5.74) is 9.86. The fraction of sp³-hybridized carbons (Fsp3) is 0.290. The van der Waals surface area contributed by atoms with Crippen LogP contribution in [0.3, 0.4) is 0 Å². The van der Waals surface area contributed by atoms with Gasteiger partial charge >= 0.3 is 0 Å². The van der Waals surface area contributed by atoms with Crippen molar-refractivity contribution in [3.05, 3.63) is 89.7 Å². The van der Waals surface area contributed by atoms with E-state index in [1.54, 1.807) is 31.1 Å². The summed E-state index contributed by atoms with van der Waals surface area (Å²) >= 11 is 0. The zero-order valence-electron chi connectivity index (χ0n) is 22.7. The first kappa shape index (κ1) is 26.3. The Labute approximate surface area is 229 Å². The summed E-state index contributed by atoms with van der Waals surface area (Å²) in [6.45, 7) is 3.45. The second-order valence-electron chi connectivity index (χ2n) is 10.3. The Balaban J connectivity index is 1.56. The van der Waals surface area contributed by atoms with Crippen molar-refractivity contribution >= 4 is 28.5 Å². The third-order valence-electron chi connectivity index (χ3n) is 7.33. The van der Waals surface area contributed by atoms with Crippen molar-refractivity contribution in [1.82, 2.24) is 19.8 Å². The van der Waals surface area contributed by atoms with E-state index in [1.165, 1.54) is 0 Å². The number of likely N-dealkylation sites (N-methyl/N-ethyl adjacent to an activating group) is 2. The number of carbonyl (C=O) groups is 2. The number of aromatic nitrogens is 2. The van der Waals surface area contributed by atoms with Crippen LogP contribution < -0.4 is 10.6 Å². The van der Waals surface area contributed by atoms with Crippen LogP contribution in [0, 0.1) is 0 Å². The van der Waals surface area contributed by atoms with Crippen molar-refractivity contribution in [3.63, 3.8) is 0 Å². The average molecular weight is 523 g/mol. The van der Waals surface area contributed by atoms with Crippen LogP contribution in [-0.4, -0.2) is 78.9 Å². The summed E-state index contributed by atoms with van der Waals surface area (Å²) in [4.78, 5) is 41.5. The van der Waals surface area contributed by atoms with Gasteiger partial charge in [-0.15, -0.1) is 0 Å². The minimum Gasteiger partial charge on any atom is -0.366 e. The van der Waals surface area contributed by atoms with Crippen molar-refractivity contribution in [3.8, 4) is 11.1 Å². The molecule has 0 aliphatic carbocycles. The number of hydrogen-bond acceptors (Lipinski definition) is 6. The monoisotopic (exact) mass is 522 g/mol. The van der Waals surface area contributed by atoms with Crippen LogP contribution in [0.2, 0.25) is 0 Å². The highest BCUT2D eigenvalue weighted by molar-refractivity contribution is 5.99. The molecule has 1 aromatic heterocycles. The SMILES string of the molecule is CN1CCN(c2nc([C@H](Cc3ccc(-c4ccccc4)cc3)C(=O)N(C)C)nc3cc(C(N)=O)ccc23)CC1. The number of hydrogen-bond donors (Lipinski definition) is 1. The smallest absolute Gasteiger partial charge is 0.248 e. The van der Waals surface area contributed by atoms with E-state index in [0.29, 0.717) is 23.3 Å². The molecule has 8 heteroatoms. The van der Waals surface area contributed by atoms with E-state index >= 15 is 0 Å². The van der Waals surface area contributed by atoms with Gasteiger partial charge < -0.3 is 20.4 Å². The highest BCUT2D eigenvalue weighted by Crippen LogP contribution is 2.30. The van der Waals surface area contributed by atoms with Gasteiger partial charge in [-0.05, 0) is 48.4 Å². The van der Waals surface area contributed by atoms with E-state index < -0.39 is 11.8 Å². The average Bonchev–Trinajstić information content (AvgIpc) is 2.96. The third kappa shape index (κ3) is 5.76. The quantitative estimate of drug-likeness (QED) is 0.399. The normalized spacial score (nSPS) is 14.8. The lowest BCUT2D eigenvalue weighted by Crippen LogP contribution is -2.45. The maximum Gasteiger partial charge on any atom is 0.248 e. The molecule has 2 heterocycles. The maximum absolute atomic E-state index is 13.5. The number of benzene rings is 3. The van der Waals surface area contributed by atoms with Crippen molar-refractivity contribution in [2.45, 2.75) is 12.3 Å². The van der Waals surface area contributed by atoms with E-state index in [2.05, 4.69) is 53.2 Å². The predicted molar refractivity (Wildman–Crippen MR) is 155 cm³/mol. The number of amides is 2. The fourth-order valence-electron chi connectivity index (χ4n) is 5.00. The summed E-state index contributed by atoms with van der Waals surface area (Å²) in [7, 11) is 5.61. The van der Waals surface area contributed by atoms with Gasteiger partial charge in [0.25, 0.3) is 0 Å². The molecule has 2 amide bonds. The van der Waals surface area contributed by atoms with Crippen molar-refractivity contribution in [2.24, 2.45) is 5.73 Å². The van der Waals surface area contributed by atoms with E-state index in [-0.39, 0.29) is 5.91 Å². The van der Waals surface area contributed by atoms with Crippen molar-refractivity contribution in [2.75, 3.05) is 52.2 Å². The third-order valence-corrected chi connectivity index (χ3v) is 7.33. The molecular formula is C31H34N6O2. The number of fused-ring (bicyclic) bond motifs is 1. The highest BCUT2D eigenvalue weighted by Gasteiger charge is 2.28. The van der Waals surface area contributed by atoms with Crippen LogP contribution in [-0.2, 0) is 11.2 Å². The van der Waals surface area contributed by atoms with Crippen LogP contribution in [0.1, 0.15) is 27.7 Å². The first-order chi connectivity index (χ1) is 18.8. The van der Waals surface area contributed by atoms with E-state index in [1.807, 2.05) is 24.3 Å². The molecule has 0 bridgehead atoms. The lowest BCUT2D eigenvalue weighted by Gasteiger charge is -2.34. The van der Waals surface area contributed by atoms with E-state index in [0.717, 1.165) is 54.1 Å². The zero-order chi connectivity index (χ0) is 27.5. The van der Waals surface area contributed by atoms with Gasteiger partial charge in [0, 0.05) is 51.2 Å². The number of carbonyl (C=O) groups excluding carboxylic acids is 2. The summed E-state index contributed by atoms with van der Waals surface area (Å²) in [6.07, 6.45) is 0.454. The molecule has 1 aliphatic rings. The van der Waals surface area contributed by atoms with Crippen LogP contribution in [0.5, 0.6) is 0 Å². The molecule has 0 unspecified atom stereocenters. The number of nitrogens with two attached hydrogens (primary N) is 1. The van der Waals surface area contributed by atoms with Crippen LogP contribution >= 0.6 is 0 Å². The molecule has 1 fully saturated rings. The minimum atomic E-state index is -0.588. The summed E-state index contributed by atoms with van der Waals surface area (Å²) in [5, 5.41) is 0.844. The molecule has 0 radical (unpaired) electrons. The maximum atomic E-state index is 13.5. The molecule has 8 nitrogen and oxygen atoms in total. The Morgan fingerprint density at radius 2 is 1.56 bits per heavy atom. The fourth-order valence-corrected chi connectivity index (χ4v) is 5.00. The first-order valence-electron chi connectivity index (χ1n) is 13.2. The molecule has 0 saturated carbocycles. The van der Waals surface area contributed by atoms with Gasteiger partial charge in [0.15, 0.2) is 0 Å². The molecular weight excluding hydrogens is 488 g/mol. The molecule has 39 heavy (non-hydrogen) atoms. The lowest BCUT2D eigenvalue weighted by molar-refractivity contribution is -0.130. The Hall–Kier alpha value is -4.30. The van der Waals surface area contributed by atoms with Gasteiger partial charge in [-0.2, -0.15) is 0 Å².